The topological polar surface area (TPSA) is 22.8 Å². The van der Waals surface area contributed by atoms with E-state index in [1.807, 2.05) is 6.20 Å². The van der Waals surface area contributed by atoms with E-state index in [2.05, 4.69) is 155 Å². The zero-order chi connectivity index (χ0) is 27.6. The van der Waals surface area contributed by atoms with Gasteiger partial charge in [0, 0.05) is 38.5 Å². The zero-order valence-corrected chi connectivity index (χ0v) is 22.8. The summed E-state index contributed by atoms with van der Waals surface area (Å²) in [4.78, 5) is 5.11. The molecule has 0 aliphatic rings. The first-order chi connectivity index (χ1) is 20.8. The van der Waals surface area contributed by atoms with Crippen LogP contribution in [0.4, 0.5) is 0 Å². The molecule has 0 saturated heterocycles. The van der Waals surface area contributed by atoms with Crippen molar-refractivity contribution in [1.82, 2.24) is 14.1 Å². The fourth-order valence-electron chi connectivity index (χ4n) is 6.70. The van der Waals surface area contributed by atoms with Crippen LogP contribution in [-0.2, 0) is 0 Å². The molecule has 3 heteroatoms. The Balaban J connectivity index is 1.32. The summed E-state index contributed by atoms with van der Waals surface area (Å²) in [5.41, 5.74) is 9.08. The monoisotopic (exact) mass is 535 g/mol. The quantitative estimate of drug-likeness (QED) is 0.221. The summed E-state index contributed by atoms with van der Waals surface area (Å²) in [6, 6.07) is 52.0. The highest BCUT2D eigenvalue weighted by Gasteiger charge is 2.18. The third-order valence-corrected chi connectivity index (χ3v) is 8.54. The lowest BCUT2D eigenvalue weighted by Gasteiger charge is -2.10. The average Bonchev–Trinajstić information content (AvgIpc) is 3.58. The van der Waals surface area contributed by atoms with Crippen LogP contribution in [0.25, 0.3) is 77.0 Å². The summed E-state index contributed by atoms with van der Waals surface area (Å²) >= 11 is 0. The highest BCUT2D eigenvalue weighted by molar-refractivity contribution is 6.17. The van der Waals surface area contributed by atoms with E-state index in [-0.39, 0.29) is 0 Å². The van der Waals surface area contributed by atoms with Crippen molar-refractivity contribution in [3.63, 3.8) is 0 Å². The number of aromatic nitrogens is 3. The number of fused-ring (bicyclic) bond motifs is 7. The molecule has 6 aromatic carbocycles. The first-order valence-corrected chi connectivity index (χ1v) is 14.3. The van der Waals surface area contributed by atoms with Crippen molar-refractivity contribution in [2.75, 3.05) is 0 Å². The number of benzene rings is 6. The van der Waals surface area contributed by atoms with E-state index in [1.54, 1.807) is 0 Å². The Bertz CT molecular complexity index is 2460. The Hall–Kier alpha value is -5.67. The lowest BCUT2D eigenvalue weighted by Crippen LogP contribution is -1.94. The van der Waals surface area contributed by atoms with Gasteiger partial charge in [0.25, 0.3) is 0 Å². The number of nitrogens with zero attached hydrogens (tertiary/aromatic N) is 3. The smallest absolute Gasteiger partial charge is 0.0724 e. The van der Waals surface area contributed by atoms with E-state index in [4.69, 9.17) is 4.98 Å². The van der Waals surface area contributed by atoms with Gasteiger partial charge < -0.3 is 9.13 Å². The van der Waals surface area contributed by atoms with E-state index in [9.17, 15) is 0 Å². The lowest BCUT2D eigenvalue weighted by atomic mass is 10.0. The van der Waals surface area contributed by atoms with Crippen LogP contribution in [0.15, 0.2) is 152 Å². The van der Waals surface area contributed by atoms with Gasteiger partial charge in [-0.25, -0.2) is 0 Å². The van der Waals surface area contributed by atoms with Gasteiger partial charge in [-0.15, -0.1) is 0 Å². The third kappa shape index (κ3) is 3.31. The highest BCUT2D eigenvalue weighted by Crippen LogP contribution is 2.40. The number of hydrogen-bond acceptors (Lipinski definition) is 1. The Morgan fingerprint density at radius 2 is 1.07 bits per heavy atom. The molecule has 0 spiro atoms. The average molecular weight is 536 g/mol. The fraction of sp³-hybridized carbons (Fsp3) is 0. The maximum atomic E-state index is 5.11. The van der Waals surface area contributed by atoms with Crippen molar-refractivity contribution >= 4 is 54.4 Å². The van der Waals surface area contributed by atoms with Crippen LogP contribution in [0.5, 0.6) is 0 Å². The summed E-state index contributed by atoms with van der Waals surface area (Å²) in [6.45, 7) is 0. The van der Waals surface area contributed by atoms with Crippen molar-refractivity contribution in [1.29, 1.82) is 0 Å². The molecule has 3 heterocycles. The van der Waals surface area contributed by atoms with Gasteiger partial charge in [-0.3, -0.25) is 4.98 Å². The predicted octanol–water partition coefficient (Wildman–Crippen LogP) is 10.1. The van der Waals surface area contributed by atoms with Gasteiger partial charge in [0.15, 0.2) is 0 Å². The van der Waals surface area contributed by atoms with Crippen LogP contribution in [0.3, 0.4) is 0 Å². The molecule has 42 heavy (non-hydrogen) atoms. The molecule has 196 valence electrons. The molecule has 0 atom stereocenters. The van der Waals surface area contributed by atoms with Crippen molar-refractivity contribution in [2.24, 2.45) is 0 Å². The molecular formula is C39H25N3. The predicted molar refractivity (Wildman–Crippen MR) is 176 cm³/mol. The van der Waals surface area contributed by atoms with Gasteiger partial charge in [0.05, 0.1) is 34.0 Å². The number of pyridine rings is 1. The van der Waals surface area contributed by atoms with Gasteiger partial charge in [0.1, 0.15) is 0 Å². The maximum Gasteiger partial charge on any atom is 0.0724 e. The summed E-state index contributed by atoms with van der Waals surface area (Å²) in [5.74, 6) is 0. The van der Waals surface area contributed by atoms with Crippen LogP contribution >= 0.6 is 0 Å². The number of rotatable bonds is 3. The second kappa shape index (κ2) is 8.92. The Kier molecular flexibility index (Phi) is 4.90. The van der Waals surface area contributed by atoms with E-state index < -0.39 is 0 Å². The first-order valence-electron chi connectivity index (χ1n) is 14.3. The fourth-order valence-corrected chi connectivity index (χ4v) is 6.70. The molecule has 0 aliphatic heterocycles. The molecular weight excluding hydrogens is 510 g/mol. The Labute approximate surface area is 242 Å². The van der Waals surface area contributed by atoms with Crippen molar-refractivity contribution in [3.8, 4) is 22.6 Å². The van der Waals surface area contributed by atoms with Crippen molar-refractivity contribution < 1.29 is 0 Å². The summed E-state index contributed by atoms with van der Waals surface area (Å²) < 4.78 is 4.70. The van der Waals surface area contributed by atoms with Gasteiger partial charge in [-0.1, -0.05) is 97.1 Å². The van der Waals surface area contributed by atoms with Crippen LogP contribution < -0.4 is 0 Å². The van der Waals surface area contributed by atoms with E-state index >= 15 is 0 Å². The van der Waals surface area contributed by atoms with E-state index in [1.165, 1.54) is 48.9 Å². The standard InChI is InChI=1S/C39H25N3/c1-2-13-28(14-3-1)41-35-18-8-6-15-30(35)33-24-34(40-25-38(33)41)31-17-10-20-37-39(31)32-16-7-9-19-36(32)42(37)29-22-21-26-11-4-5-12-27(26)23-29/h1-25H. The molecule has 0 unspecified atom stereocenters. The van der Waals surface area contributed by atoms with Crippen LogP contribution in [-0.4, -0.2) is 14.1 Å². The lowest BCUT2D eigenvalue weighted by molar-refractivity contribution is 1.17. The van der Waals surface area contributed by atoms with Gasteiger partial charge >= 0.3 is 0 Å². The Morgan fingerprint density at radius 3 is 1.93 bits per heavy atom. The third-order valence-electron chi connectivity index (χ3n) is 8.54. The first kappa shape index (κ1) is 23.1. The molecule has 0 radical (unpaired) electrons. The van der Waals surface area contributed by atoms with Crippen molar-refractivity contribution in [2.45, 2.75) is 0 Å². The Morgan fingerprint density at radius 1 is 0.405 bits per heavy atom. The molecule has 0 fully saturated rings. The number of para-hydroxylation sites is 3. The van der Waals surface area contributed by atoms with Gasteiger partial charge in [-0.2, -0.15) is 0 Å². The largest absolute Gasteiger partial charge is 0.309 e. The van der Waals surface area contributed by atoms with E-state index in [0.29, 0.717) is 0 Å². The van der Waals surface area contributed by atoms with E-state index in [0.717, 1.165) is 28.1 Å². The molecule has 9 rings (SSSR count). The van der Waals surface area contributed by atoms with Gasteiger partial charge in [-0.05, 0) is 59.3 Å². The summed E-state index contributed by atoms with van der Waals surface area (Å²) in [5, 5.41) is 7.36. The summed E-state index contributed by atoms with van der Waals surface area (Å²) in [7, 11) is 0. The molecule has 3 nitrogen and oxygen atoms in total. The minimum absolute atomic E-state index is 0.977. The van der Waals surface area contributed by atoms with Crippen LogP contribution in [0, 0.1) is 0 Å². The molecule has 0 amide bonds. The number of hydrogen-bond donors (Lipinski definition) is 0. The maximum absolute atomic E-state index is 5.11. The van der Waals surface area contributed by atoms with Gasteiger partial charge in [0.2, 0.25) is 0 Å². The second-order valence-electron chi connectivity index (χ2n) is 10.9. The normalized spacial score (nSPS) is 11.8. The molecule has 0 N–H and O–H groups in total. The molecule has 9 aromatic rings. The SMILES string of the molecule is c1ccc(-n2c3ccccc3c3cc(-c4cccc5c4c4ccccc4n5-c4ccc5ccccc5c4)ncc32)cc1. The highest BCUT2D eigenvalue weighted by atomic mass is 15.0. The molecule has 0 bridgehead atoms. The minimum atomic E-state index is 0.977. The van der Waals surface area contributed by atoms with Crippen molar-refractivity contribution in [3.05, 3.63) is 152 Å². The minimum Gasteiger partial charge on any atom is -0.309 e. The zero-order valence-electron chi connectivity index (χ0n) is 22.8. The summed E-state index contributed by atoms with van der Waals surface area (Å²) in [6.07, 6.45) is 2.04. The van der Waals surface area contributed by atoms with Crippen LogP contribution in [0.1, 0.15) is 0 Å². The molecule has 3 aromatic heterocycles. The second-order valence-corrected chi connectivity index (χ2v) is 10.9. The van der Waals surface area contributed by atoms with Crippen LogP contribution in [0.2, 0.25) is 0 Å². The molecule has 0 aliphatic carbocycles. The molecule has 0 saturated carbocycles.